The Morgan fingerprint density at radius 3 is 2.45 bits per heavy atom. The maximum atomic E-state index is 14.7. The monoisotopic (exact) mass is 470 g/mol. The first-order valence-corrected chi connectivity index (χ1v) is 14.1. The van der Waals surface area contributed by atoms with E-state index in [1.165, 1.54) is 12.3 Å². The lowest BCUT2D eigenvalue weighted by atomic mass is 10.1. The van der Waals surface area contributed by atoms with E-state index in [1.807, 2.05) is 40.4 Å². The van der Waals surface area contributed by atoms with Gasteiger partial charge in [-0.3, -0.25) is 0 Å². The molecule has 0 unspecified atom stereocenters. The molecule has 0 N–H and O–H groups in total. The molecule has 1 aliphatic rings. The Labute approximate surface area is 190 Å². The van der Waals surface area contributed by atoms with Crippen molar-refractivity contribution in [2.24, 2.45) is 4.99 Å². The number of piperidine rings is 1. The number of carbonyl (C=O) groups is 1. The first kappa shape index (κ1) is 25.2. The number of nitrogens with zero attached hydrogens (tertiary/aromatic N) is 2. The largest absolute Gasteiger partial charge is 0.532 e. The van der Waals surface area contributed by atoms with Crippen molar-refractivity contribution in [1.29, 1.82) is 0 Å². The van der Waals surface area contributed by atoms with Crippen LogP contribution in [0.15, 0.2) is 29.6 Å². The molecule has 2 rings (SSSR count). The van der Waals surface area contributed by atoms with E-state index < -0.39 is 19.7 Å². The number of ether oxygens (including phenoxy) is 2. The highest BCUT2D eigenvalue weighted by molar-refractivity contribution is 6.70. The molecule has 0 saturated carbocycles. The second-order valence-corrected chi connectivity index (χ2v) is 14.3. The van der Waals surface area contributed by atoms with Gasteiger partial charge in [0.15, 0.2) is 11.7 Å². The highest BCUT2D eigenvalue weighted by Gasteiger charge is 2.28. The number of rotatable bonds is 6. The maximum Gasteiger partial charge on any atom is 0.410 e. The Morgan fingerprint density at radius 1 is 1.29 bits per heavy atom. The molecule has 31 heavy (non-hydrogen) atoms. The van der Waals surface area contributed by atoms with Gasteiger partial charge in [0.25, 0.3) is 0 Å². The smallest absolute Gasteiger partial charge is 0.410 e. The van der Waals surface area contributed by atoms with Crippen LogP contribution in [-0.4, -0.2) is 50.3 Å². The highest BCUT2D eigenvalue weighted by atomic mass is 35.5. The van der Waals surface area contributed by atoms with Crippen LogP contribution in [0.25, 0.3) is 0 Å². The summed E-state index contributed by atoms with van der Waals surface area (Å²) in [4.78, 5) is 18.0. The molecule has 0 bridgehead atoms. The summed E-state index contributed by atoms with van der Waals surface area (Å²) in [5.74, 6) is -0.0627. The van der Waals surface area contributed by atoms with Gasteiger partial charge in [0.2, 0.25) is 8.32 Å². The highest BCUT2D eigenvalue weighted by Crippen LogP contribution is 2.29. The molecule has 0 radical (unpaired) electrons. The van der Waals surface area contributed by atoms with Gasteiger partial charge < -0.3 is 18.8 Å². The first-order chi connectivity index (χ1) is 14.2. The Kier molecular flexibility index (Phi) is 8.16. The number of hydrogen-bond donors (Lipinski definition) is 0. The molecule has 0 spiro atoms. The zero-order valence-electron chi connectivity index (χ0n) is 19.1. The van der Waals surface area contributed by atoms with Crippen molar-refractivity contribution in [3.8, 4) is 5.75 Å². The molecule has 1 fully saturated rings. The normalized spacial score (nSPS) is 15.8. The molecule has 0 aliphatic carbocycles. The van der Waals surface area contributed by atoms with Crippen molar-refractivity contribution < 1.29 is 23.1 Å². The van der Waals surface area contributed by atoms with Gasteiger partial charge in [0.1, 0.15) is 17.5 Å². The summed E-state index contributed by atoms with van der Waals surface area (Å²) in [5.41, 5.74) is -0.398. The van der Waals surface area contributed by atoms with E-state index in [2.05, 4.69) is 11.6 Å². The summed E-state index contributed by atoms with van der Waals surface area (Å²) in [7, 11) is -1.87. The topological polar surface area (TPSA) is 60.4 Å². The third-order valence-electron chi connectivity index (χ3n) is 4.24. The van der Waals surface area contributed by atoms with Crippen LogP contribution in [0.3, 0.4) is 0 Å². The Bertz CT molecular complexity index is 841. The number of amides is 1. The summed E-state index contributed by atoms with van der Waals surface area (Å²) in [6.07, 6.45) is 2.02. The SMILES string of the molecule is C=C(N=Cc1c(OC2CCN(C(=O)OC(C)(C)C)CC2)ccc(Cl)c1F)O[Si](C)(C)C. The molecule has 1 aromatic carbocycles. The van der Waals surface area contributed by atoms with Crippen LogP contribution >= 0.6 is 11.6 Å². The lowest BCUT2D eigenvalue weighted by Gasteiger charge is -2.33. The predicted molar refractivity (Wildman–Crippen MR) is 124 cm³/mol. The van der Waals surface area contributed by atoms with E-state index in [0.29, 0.717) is 31.7 Å². The van der Waals surface area contributed by atoms with E-state index >= 15 is 0 Å². The number of halogens is 2. The third kappa shape index (κ3) is 8.18. The fraction of sp³-hybridized carbons (Fsp3) is 0.545. The average Bonchev–Trinajstić information content (AvgIpc) is 2.62. The van der Waals surface area contributed by atoms with E-state index in [-0.39, 0.29) is 28.7 Å². The van der Waals surface area contributed by atoms with Crippen molar-refractivity contribution in [2.45, 2.75) is 65.0 Å². The summed E-state index contributed by atoms with van der Waals surface area (Å²) < 4.78 is 31.9. The molecule has 1 amide bonds. The number of likely N-dealkylation sites (tertiary alicyclic amines) is 1. The molecule has 1 aromatic rings. The summed E-state index contributed by atoms with van der Waals surface area (Å²) in [6, 6.07) is 3.07. The number of benzene rings is 1. The maximum absolute atomic E-state index is 14.7. The minimum atomic E-state index is -1.87. The molecule has 0 aromatic heterocycles. The second-order valence-electron chi connectivity index (χ2n) is 9.42. The van der Waals surface area contributed by atoms with Crippen molar-refractivity contribution in [2.75, 3.05) is 13.1 Å². The summed E-state index contributed by atoms with van der Waals surface area (Å²) in [6.45, 7) is 16.3. The lowest BCUT2D eigenvalue weighted by molar-refractivity contribution is 0.0126. The zero-order valence-corrected chi connectivity index (χ0v) is 20.9. The molecule has 172 valence electrons. The molecular formula is C22H32ClFN2O4Si. The van der Waals surface area contributed by atoms with Crippen LogP contribution in [0, 0.1) is 5.82 Å². The number of aliphatic imine (C=N–C) groups is 1. The summed E-state index contributed by atoms with van der Waals surface area (Å²) in [5, 5.41) is -0.0229. The summed E-state index contributed by atoms with van der Waals surface area (Å²) >= 11 is 5.96. The van der Waals surface area contributed by atoms with E-state index in [9.17, 15) is 9.18 Å². The van der Waals surface area contributed by atoms with E-state index in [4.69, 9.17) is 25.5 Å². The predicted octanol–water partition coefficient (Wildman–Crippen LogP) is 6.00. The molecule has 1 heterocycles. The van der Waals surface area contributed by atoms with Gasteiger partial charge in [0.05, 0.1) is 10.6 Å². The fourth-order valence-corrected chi connectivity index (χ4v) is 3.87. The van der Waals surface area contributed by atoms with E-state index in [1.54, 1.807) is 11.0 Å². The van der Waals surface area contributed by atoms with Gasteiger partial charge in [-0.1, -0.05) is 11.6 Å². The average molecular weight is 471 g/mol. The number of hydrogen-bond acceptors (Lipinski definition) is 5. The second kappa shape index (κ2) is 10.0. The van der Waals surface area contributed by atoms with Crippen molar-refractivity contribution in [3.05, 3.63) is 41.0 Å². The van der Waals surface area contributed by atoms with Crippen LogP contribution in [0.1, 0.15) is 39.2 Å². The van der Waals surface area contributed by atoms with Crippen LogP contribution < -0.4 is 4.74 Å². The number of carbonyl (C=O) groups excluding carboxylic acids is 1. The Hall–Kier alpha value is -2.06. The standard InChI is InChI=1S/C22H32ClFN2O4Si/c1-15(30-31(5,6)7)25-14-17-19(9-8-18(23)20(17)24)28-16-10-12-26(13-11-16)21(27)29-22(2,3)4/h8-9,14,16H,1,10-13H2,2-7H3. The van der Waals surface area contributed by atoms with Gasteiger partial charge in [0, 0.05) is 32.1 Å². The molecule has 6 nitrogen and oxygen atoms in total. The molecule has 1 aliphatic heterocycles. The van der Waals surface area contributed by atoms with Crippen molar-refractivity contribution >= 4 is 32.2 Å². The van der Waals surface area contributed by atoms with Gasteiger partial charge in [-0.25, -0.2) is 14.2 Å². The van der Waals surface area contributed by atoms with Crippen LogP contribution in [0.4, 0.5) is 9.18 Å². The molecule has 0 atom stereocenters. The van der Waals surface area contributed by atoms with Gasteiger partial charge in [-0.05, 0) is 59.1 Å². The molecule has 9 heteroatoms. The van der Waals surface area contributed by atoms with Crippen molar-refractivity contribution in [1.82, 2.24) is 4.90 Å². The van der Waals surface area contributed by atoms with Crippen molar-refractivity contribution in [3.63, 3.8) is 0 Å². The molecular weight excluding hydrogens is 439 g/mol. The van der Waals surface area contributed by atoms with Gasteiger partial charge >= 0.3 is 6.09 Å². The Balaban J connectivity index is 2.07. The van der Waals surface area contributed by atoms with Crippen LogP contribution in [0.5, 0.6) is 5.75 Å². The first-order valence-electron chi connectivity index (χ1n) is 10.3. The molecule has 1 saturated heterocycles. The minimum absolute atomic E-state index is 0.0229. The van der Waals surface area contributed by atoms with Gasteiger partial charge in [-0.15, -0.1) is 0 Å². The minimum Gasteiger partial charge on any atom is -0.532 e. The quantitative estimate of drug-likeness (QED) is 0.290. The lowest BCUT2D eigenvalue weighted by Crippen LogP contribution is -2.44. The Morgan fingerprint density at radius 2 is 1.90 bits per heavy atom. The zero-order chi connectivity index (χ0) is 23.4. The van der Waals surface area contributed by atoms with Crippen LogP contribution in [0.2, 0.25) is 24.7 Å². The van der Waals surface area contributed by atoms with E-state index in [0.717, 1.165) is 0 Å². The van der Waals surface area contributed by atoms with Gasteiger partial charge in [-0.2, -0.15) is 0 Å². The third-order valence-corrected chi connectivity index (χ3v) is 5.38. The fourth-order valence-electron chi connectivity index (χ4n) is 2.95. The van der Waals surface area contributed by atoms with Crippen LogP contribution in [-0.2, 0) is 9.16 Å².